The van der Waals surface area contributed by atoms with Crippen LogP contribution in [0.5, 0.6) is 0 Å². The highest BCUT2D eigenvalue weighted by atomic mass is 32.1. The van der Waals surface area contributed by atoms with Gasteiger partial charge in [-0.3, -0.25) is 9.79 Å². The number of guanidine groups is 1. The molecule has 6 heteroatoms. The molecule has 0 radical (unpaired) electrons. The van der Waals surface area contributed by atoms with Gasteiger partial charge in [-0.05, 0) is 38.6 Å². The summed E-state index contributed by atoms with van der Waals surface area (Å²) in [5.41, 5.74) is 4.76. The molecule has 21 heavy (non-hydrogen) atoms. The first-order valence-electron chi connectivity index (χ1n) is 7.18. The van der Waals surface area contributed by atoms with Gasteiger partial charge in [0.15, 0.2) is 5.96 Å². The summed E-state index contributed by atoms with van der Waals surface area (Å²) >= 11 is 1.76. The van der Waals surface area contributed by atoms with Crippen LogP contribution >= 0.6 is 11.3 Å². The van der Waals surface area contributed by atoms with E-state index in [1.807, 2.05) is 27.8 Å². The fraction of sp³-hybridized carbons (Fsp3) is 0.600. The average Bonchev–Trinajstić information content (AvgIpc) is 2.93. The molecule has 5 nitrogen and oxygen atoms in total. The molecule has 0 aromatic carbocycles. The molecule has 0 spiro atoms. The summed E-state index contributed by atoms with van der Waals surface area (Å²) in [6.07, 6.45) is 0.984. The molecular formula is C15H26N4OS. The molecule has 0 saturated carbocycles. The number of likely N-dealkylation sites (N-methyl/N-ethyl adjacent to an activating group) is 1. The summed E-state index contributed by atoms with van der Waals surface area (Å²) in [6.45, 7) is 7.71. The zero-order valence-electron chi connectivity index (χ0n) is 13.3. The van der Waals surface area contributed by atoms with Crippen molar-refractivity contribution in [2.75, 3.05) is 26.7 Å². The highest BCUT2D eigenvalue weighted by molar-refractivity contribution is 7.09. The summed E-state index contributed by atoms with van der Waals surface area (Å²) in [7, 11) is 2.01. The van der Waals surface area contributed by atoms with E-state index in [9.17, 15) is 4.79 Å². The molecule has 0 aliphatic rings. The monoisotopic (exact) mass is 310 g/mol. The van der Waals surface area contributed by atoms with Crippen LogP contribution in [0.25, 0.3) is 0 Å². The molecule has 1 amide bonds. The van der Waals surface area contributed by atoms with Crippen LogP contribution < -0.4 is 11.1 Å². The second kappa shape index (κ2) is 8.02. The number of thiophene rings is 1. The van der Waals surface area contributed by atoms with Crippen molar-refractivity contribution in [2.24, 2.45) is 16.1 Å². The maximum atomic E-state index is 11.4. The van der Waals surface area contributed by atoms with E-state index in [2.05, 4.69) is 32.7 Å². The molecule has 0 atom stereocenters. The Bertz CT molecular complexity index is 468. The van der Waals surface area contributed by atoms with Crippen molar-refractivity contribution in [3.05, 3.63) is 22.4 Å². The fourth-order valence-corrected chi connectivity index (χ4v) is 2.36. The van der Waals surface area contributed by atoms with Crippen LogP contribution in [0.4, 0.5) is 0 Å². The Morgan fingerprint density at radius 3 is 2.76 bits per heavy atom. The van der Waals surface area contributed by atoms with E-state index in [1.165, 1.54) is 4.88 Å². The van der Waals surface area contributed by atoms with Crippen LogP contribution in [0.15, 0.2) is 22.5 Å². The van der Waals surface area contributed by atoms with E-state index in [-0.39, 0.29) is 5.91 Å². The quantitative estimate of drug-likeness (QED) is 0.595. The van der Waals surface area contributed by atoms with E-state index in [1.54, 1.807) is 11.3 Å². The number of nitrogens with zero attached hydrogens (tertiary/aromatic N) is 2. The Morgan fingerprint density at radius 2 is 2.24 bits per heavy atom. The number of nitrogens with two attached hydrogens (primary N) is 1. The maximum absolute atomic E-state index is 11.4. The smallest absolute Gasteiger partial charge is 0.224 e. The number of carbonyl (C=O) groups excluding carboxylic acids is 1. The lowest BCUT2D eigenvalue weighted by Gasteiger charge is -2.24. The van der Waals surface area contributed by atoms with Gasteiger partial charge in [0.25, 0.3) is 0 Å². The molecule has 1 aromatic rings. The molecule has 3 N–H and O–H groups in total. The number of amides is 1. The first-order chi connectivity index (χ1) is 9.86. The Balaban J connectivity index is 2.64. The van der Waals surface area contributed by atoms with Crippen LogP contribution in [0.2, 0.25) is 0 Å². The van der Waals surface area contributed by atoms with Gasteiger partial charge in [0.2, 0.25) is 5.91 Å². The van der Waals surface area contributed by atoms with E-state index in [0.717, 1.165) is 25.5 Å². The lowest BCUT2D eigenvalue weighted by Crippen LogP contribution is -2.41. The minimum atomic E-state index is -0.630. The number of carbonyl (C=O) groups is 1. The van der Waals surface area contributed by atoms with Crippen molar-refractivity contribution in [1.82, 2.24) is 10.2 Å². The Labute approximate surface area is 131 Å². The first kappa shape index (κ1) is 17.5. The van der Waals surface area contributed by atoms with Gasteiger partial charge in [-0.25, -0.2) is 0 Å². The van der Waals surface area contributed by atoms with Gasteiger partial charge >= 0.3 is 0 Å². The van der Waals surface area contributed by atoms with Crippen molar-refractivity contribution in [1.29, 1.82) is 0 Å². The molecule has 0 fully saturated rings. The normalized spacial score (nSPS) is 12.3. The van der Waals surface area contributed by atoms with Gasteiger partial charge in [-0.2, -0.15) is 0 Å². The minimum absolute atomic E-state index is 0.330. The largest absolute Gasteiger partial charge is 0.369 e. The summed E-state index contributed by atoms with van der Waals surface area (Å²) in [6, 6.07) is 4.20. The number of hydrogen-bond acceptors (Lipinski definition) is 3. The highest BCUT2D eigenvalue weighted by Crippen LogP contribution is 2.14. The van der Waals surface area contributed by atoms with Crippen molar-refractivity contribution < 1.29 is 4.79 Å². The van der Waals surface area contributed by atoms with Gasteiger partial charge in [-0.15, -0.1) is 11.3 Å². The van der Waals surface area contributed by atoms with E-state index >= 15 is 0 Å². The molecule has 1 aromatic heterocycles. The minimum Gasteiger partial charge on any atom is -0.369 e. The molecule has 0 unspecified atom stereocenters. The predicted molar refractivity (Wildman–Crippen MR) is 89.6 cm³/mol. The van der Waals surface area contributed by atoms with Gasteiger partial charge in [0.05, 0.1) is 12.0 Å². The number of hydrogen-bond donors (Lipinski definition) is 2. The van der Waals surface area contributed by atoms with Crippen molar-refractivity contribution >= 4 is 23.2 Å². The first-order valence-corrected chi connectivity index (χ1v) is 8.06. The zero-order valence-corrected chi connectivity index (χ0v) is 14.2. The predicted octanol–water partition coefficient (Wildman–Crippen LogP) is 1.70. The van der Waals surface area contributed by atoms with Gasteiger partial charge in [0, 0.05) is 25.0 Å². The van der Waals surface area contributed by atoms with E-state index in [4.69, 9.17) is 5.73 Å². The summed E-state index contributed by atoms with van der Waals surface area (Å²) in [5.74, 6) is 0.478. The number of primary amides is 1. The summed E-state index contributed by atoms with van der Waals surface area (Å²) in [5, 5.41) is 5.34. The Kier molecular flexibility index (Phi) is 6.68. The maximum Gasteiger partial charge on any atom is 0.224 e. The third kappa shape index (κ3) is 5.75. The second-order valence-corrected chi connectivity index (χ2v) is 6.70. The SMILES string of the molecule is CCNC(=NCC(C)(C)C(N)=O)N(C)CCc1cccs1. The number of rotatable bonds is 7. The van der Waals surface area contributed by atoms with E-state index in [0.29, 0.717) is 6.54 Å². The fourth-order valence-electron chi connectivity index (χ4n) is 1.66. The van der Waals surface area contributed by atoms with Crippen LogP contribution in [0.3, 0.4) is 0 Å². The molecular weight excluding hydrogens is 284 g/mol. The van der Waals surface area contributed by atoms with Gasteiger partial charge < -0.3 is 16.0 Å². The lowest BCUT2D eigenvalue weighted by molar-refractivity contribution is -0.125. The lowest BCUT2D eigenvalue weighted by atomic mass is 9.93. The van der Waals surface area contributed by atoms with Crippen LogP contribution in [-0.2, 0) is 11.2 Å². The summed E-state index contributed by atoms with van der Waals surface area (Å²) in [4.78, 5) is 19.3. The molecule has 118 valence electrons. The Morgan fingerprint density at radius 1 is 1.52 bits per heavy atom. The molecule has 1 rings (SSSR count). The van der Waals surface area contributed by atoms with Crippen LogP contribution in [-0.4, -0.2) is 43.4 Å². The molecule has 0 aliphatic heterocycles. The van der Waals surface area contributed by atoms with Crippen molar-refractivity contribution in [2.45, 2.75) is 27.2 Å². The van der Waals surface area contributed by atoms with Gasteiger partial charge in [-0.1, -0.05) is 6.07 Å². The topological polar surface area (TPSA) is 70.7 Å². The molecule has 1 heterocycles. The van der Waals surface area contributed by atoms with Crippen LogP contribution in [0, 0.1) is 5.41 Å². The molecule has 0 aliphatic carbocycles. The molecule has 0 saturated heterocycles. The van der Waals surface area contributed by atoms with E-state index < -0.39 is 5.41 Å². The molecule has 0 bridgehead atoms. The highest BCUT2D eigenvalue weighted by Gasteiger charge is 2.24. The number of nitrogens with one attached hydrogen (secondary N) is 1. The standard InChI is InChI=1S/C15H26N4OS/c1-5-17-14(18-11-15(2,3)13(16)20)19(4)9-8-12-7-6-10-21-12/h6-7,10H,5,8-9,11H2,1-4H3,(H2,16,20)(H,17,18). The Hall–Kier alpha value is -1.56. The summed E-state index contributed by atoms with van der Waals surface area (Å²) < 4.78 is 0. The number of aliphatic imine (C=N–C) groups is 1. The van der Waals surface area contributed by atoms with Crippen molar-refractivity contribution in [3.8, 4) is 0 Å². The second-order valence-electron chi connectivity index (χ2n) is 5.67. The third-order valence-electron chi connectivity index (χ3n) is 3.26. The van der Waals surface area contributed by atoms with Gasteiger partial charge in [0.1, 0.15) is 0 Å². The van der Waals surface area contributed by atoms with Crippen LogP contribution in [0.1, 0.15) is 25.6 Å². The van der Waals surface area contributed by atoms with Crippen molar-refractivity contribution in [3.63, 3.8) is 0 Å². The third-order valence-corrected chi connectivity index (χ3v) is 4.20. The average molecular weight is 310 g/mol. The zero-order chi connectivity index (χ0) is 15.9.